The van der Waals surface area contributed by atoms with Crippen molar-refractivity contribution in [3.05, 3.63) is 64.2 Å². The summed E-state index contributed by atoms with van der Waals surface area (Å²) >= 11 is 0. The molecule has 0 spiro atoms. The number of para-hydroxylation sites is 1. The van der Waals surface area contributed by atoms with Gasteiger partial charge in [0.25, 0.3) is 11.6 Å². The molecule has 1 aliphatic rings. The number of anilines is 2. The maximum Gasteiger partial charge on any atom is 0.337 e. The first kappa shape index (κ1) is 17.1. The van der Waals surface area contributed by atoms with Gasteiger partial charge in [-0.05, 0) is 24.3 Å². The number of nitro groups is 1. The summed E-state index contributed by atoms with van der Waals surface area (Å²) < 4.78 is 0. The molecule has 1 aliphatic heterocycles. The summed E-state index contributed by atoms with van der Waals surface area (Å²) in [6.45, 7) is 0. The third kappa shape index (κ3) is 3.09. The van der Waals surface area contributed by atoms with Crippen molar-refractivity contribution in [1.82, 2.24) is 0 Å². The predicted octanol–water partition coefficient (Wildman–Crippen LogP) is 2.04. The van der Waals surface area contributed by atoms with Gasteiger partial charge in [0.15, 0.2) is 0 Å². The molecular formula is C17H13N3O6. The van der Waals surface area contributed by atoms with Crippen molar-refractivity contribution >= 4 is 34.8 Å². The van der Waals surface area contributed by atoms with E-state index in [0.717, 1.165) is 4.90 Å². The monoisotopic (exact) mass is 355 g/mol. The Kier molecular flexibility index (Phi) is 4.36. The minimum absolute atomic E-state index is 0.0125. The van der Waals surface area contributed by atoms with E-state index in [2.05, 4.69) is 5.32 Å². The zero-order chi connectivity index (χ0) is 18.8. The molecule has 0 radical (unpaired) electrons. The molecule has 2 aromatic carbocycles. The average molecular weight is 355 g/mol. The number of nitrogens with one attached hydrogen (secondary N) is 1. The lowest BCUT2D eigenvalue weighted by Gasteiger charge is -2.16. The van der Waals surface area contributed by atoms with E-state index in [1.165, 1.54) is 36.4 Å². The van der Waals surface area contributed by atoms with Crippen LogP contribution in [0.15, 0.2) is 48.5 Å². The van der Waals surface area contributed by atoms with Crippen molar-refractivity contribution in [2.45, 2.75) is 12.5 Å². The fourth-order valence-corrected chi connectivity index (χ4v) is 2.72. The van der Waals surface area contributed by atoms with Gasteiger partial charge >= 0.3 is 5.97 Å². The van der Waals surface area contributed by atoms with E-state index in [9.17, 15) is 29.6 Å². The number of carboxylic acids is 1. The van der Waals surface area contributed by atoms with E-state index in [4.69, 9.17) is 0 Å². The van der Waals surface area contributed by atoms with Crippen LogP contribution in [0.1, 0.15) is 16.8 Å². The van der Waals surface area contributed by atoms with Crippen molar-refractivity contribution in [2.75, 3.05) is 10.2 Å². The molecule has 0 aromatic heterocycles. The van der Waals surface area contributed by atoms with E-state index >= 15 is 0 Å². The molecule has 3 rings (SSSR count). The number of carbonyl (C=O) groups is 3. The Labute approximate surface area is 147 Å². The standard InChI is InChI=1S/C17H13N3O6/c21-15-9-14(18-13-4-2-1-3-12(13)17(23)24)16(22)19(15)10-5-7-11(8-6-10)20(25)26/h1-8,14,18H,9H2,(H,23,24). The SMILES string of the molecule is O=C(O)c1ccccc1NC1CC(=O)N(c2ccc([N+](=O)[O-])cc2)C1=O. The van der Waals surface area contributed by atoms with E-state index in [1.807, 2.05) is 0 Å². The molecule has 9 nitrogen and oxygen atoms in total. The Hall–Kier alpha value is -3.75. The quantitative estimate of drug-likeness (QED) is 0.477. The second kappa shape index (κ2) is 6.63. The van der Waals surface area contributed by atoms with Crippen LogP contribution in [0, 0.1) is 10.1 Å². The Morgan fingerprint density at radius 3 is 2.42 bits per heavy atom. The van der Waals surface area contributed by atoms with Crippen LogP contribution in [0.25, 0.3) is 0 Å². The second-order valence-corrected chi connectivity index (χ2v) is 5.59. The number of amides is 2. The molecule has 1 fully saturated rings. The number of carbonyl (C=O) groups excluding carboxylic acids is 2. The molecule has 2 N–H and O–H groups in total. The van der Waals surface area contributed by atoms with E-state index in [0.29, 0.717) is 0 Å². The lowest BCUT2D eigenvalue weighted by atomic mass is 10.1. The molecule has 2 aromatic rings. The Bertz CT molecular complexity index is 909. The molecule has 1 atom stereocenters. The summed E-state index contributed by atoms with van der Waals surface area (Å²) in [6.07, 6.45) is -0.149. The number of aromatic carboxylic acids is 1. The fraction of sp³-hybridized carbons (Fsp3) is 0.118. The molecule has 1 heterocycles. The number of carboxylic acid groups (broad SMARTS) is 1. The van der Waals surface area contributed by atoms with E-state index in [1.54, 1.807) is 12.1 Å². The van der Waals surface area contributed by atoms with Crippen LogP contribution in [0.2, 0.25) is 0 Å². The zero-order valence-electron chi connectivity index (χ0n) is 13.3. The maximum atomic E-state index is 12.6. The summed E-state index contributed by atoms with van der Waals surface area (Å²) in [5.41, 5.74) is 0.289. The zero-order valence-corrected chi connectivity index (χ0v) is 13.3. The highest BCUT2D eigenvalue weighted by atomic mass is 16.6. The molecule has 0 bridgehead atoms. The van der Waals surface area contributed by atoms with Gasteiger partial charge in [-0.1, -0.05) is 12.1 Å². The molecular weight excluding hydrogens is 342 g/mol. The maximum absolute atomic E-state index is 12.6. The van der Waals surface area contributed by atoms with Gasteiger partial charge in [-0.15, -0.1) is 0 Å². The number of non-ortho nitro benzene ring substituents is 1. The molecule has 0 aliphatic carbocycles. The van der Waals surface area contributed by atoms with E-state index in [-0.39, 0.29) is 29.0 Å². The minimum atomic E-state index is -1.16. The van der Waals surface area contributed by atoms with E-state index < -0.39 is 28.7 Å². The number of nitrogens with zero attached hydrogens (tertiary/aromatic N) is 2. The van der Waals surface area contributed by atoms with Crippen LogP contribution in [0.4, 0.5) is 17.1 Å². The van der Waals surface area contributed by atoms with Crippen molar-refractivity contribution < 1.29 is 24.4 Å². The number of rotatable bonds is 5. The predicted molar refractivity (Wildman–Crippen MR) is 91.0 cm³/mol. The third-order valence-electron chi connectivity index (χ3n) is 3.95. The molecule has 1 unspecified atom stereocenters. The largest absolute Gasteiger partial charge is 0.478 e. The minimum Gasteiger partial charge on any atom is -0.478 e. The molecule has 2 amide bonds. The first-order chi connectivity index (χ1) is 12.4. The number of hydrogen-bond donors (Lipinski definition) is 2. The van der Waals surface area contributed by atoms with Gasteiger partial charge in [-0.2, -0.15) is 0 Å². The summed E-state index contributed by atoms with van der Waals surface area (Å²) in [5.74, 6) is -2.18. The first-order valence-electron chi connectivity index (χ1n) is 7.58. The number of nitro benzene ring substituents is 1. The summed E-state index contributed by atoms with van der Waals surface area (Å²) in [4.78, 5) is 47.1. The molecule has 1 saturated heterocycles. The fourth-order valence-electron chi connectivity index (χ4n) is 2.72. The summed E-state index contributed by atoms with van der Waals surface area (Å²) in [7, 11) is 0. The summed E-state index contributed by atoms with van der Waals surface area (Å²) in [6, 6.07) is 10.2. The average Bonchev–Trinajstić information content (AvgIpc) is 2.89. The van der Waals surface area contributed by atoms with Crippen molar-refractivity contribution in [3.63, 3.8) is 0 Å². The highest BCUT2D eigenvalue weighted by Gasteiger charge is 2.40. The Balaban J connectivity index is 1.83. The topological polar surface area (TPSA) is 130 Å². The normalized spacial score (nSPS) is 16.6. The number of imide groups is 1. The molecule has 0 saturated carbocycles. The van der Waals surface area contributed by atoms with Crippen LogP contribution in [-0.2, 0) is 9.59 Å². The second-order valence-electron chi connectivity index (χ2n) is 5.59. The van der Waals surface area contributed by atoms with Gasteiger partial charge < -0.3 is 10.4 Å². The van der Waals surface area contributed by atoms with Crippen LogP contribution in [0.3, 0.4) is 0 Å². The lowest BCUT2D eigenvalue weighted by molar-refractivity contribution is -0.384. The highest BCUT2D eigenvalue weighted by Crippen LogP contribution is 2.27. The van der Waals surface area contributed by atoms with Gasteiger partial charge in [-0.25, -0.2) is 9.69 Å². The Morgan fingerprint density at radius 2 is 1.81 bits per heavy atom. The van der Waals surface area contributed by atoms with Gasteiger partial charge in [-0.3, -0.25) is 19.7 Å². The molecule has 132 valence electrons. The van der Waals surface area contributed by atoms with Gasteiger partial charge in [0.2, 0.25) is 5.91 Å². The van der Waals surface area contributed by atoms with Crippen LogP contribution in [0.5, 0.6) is 0 Å². The van der Waals surface area contributed by atoms with Crippen molar-refractivity contribution in [1.29, 1.82) is 0 Å². The lowest BCUT2D eigenvalue weighted by Crippen LogP contribution is -2.35. The van der Waals surface area contributed by atoms with Crippen molar-refractivity contribution in [2.24, 2.45) is 0 Å². The number of benzene rings is 2. The molecule has 26 heavy (non-hydrogen) atoms. The van der Waals surface area contributed by atoms with Crippen molar-refractivity contribution in [3.8, 4) is 0 Å². The highest BCUT2D eigenvalue weighted by molar-refractivity contribution is 6.23. The smallest absolute Gasteiger partial charge is 0.337 e. The van der Waals surface area contributed by atoms with Gasteiger partial charge in [0.05, 0.1) is 22.6 Å². The molecule has 9 heteroatoms. The summed E-state index contributed by atoms with van der Waals surface area (Å²) in [5, 5.41) is 22.7. The number of hydrogen-bond acceptors (Lipinski definition) is 6. The Morgan fingerprint density at radius 1 is 1.15 bits per heavy atom. The first-order valence-corrected chi connectivity index (χ1v) is 7.58. The van der Waals surface area contributed by atoms with Crippen LogP contribution >= 0.6 is 0 Å². The third-order valence-corrected chi connectivity index (χ3v) is 3.95. The van der Waals surface area contributed by atoms with Gasteiger partial charge in [0.1, 0.15) is 6.04 Å². The van der Waals surface area contributed by atoms with Crippen LogP contribution < -0.4 is 10.2 Å². The van der Waals surface area contributed by atoms with Crippen LogP contribution in [-0.4, -0.2) is 33.9 Å². The van der Waals surface area contributed by atoms with Gasteiger partial charge in [0, 0.05) is 17.8 Å².